The van der Waals surface area contributed by atoms with Crippen LogP contribution in [-0.4, -0.2) is 34.6 Å². The minimum atomic E-state index is -0.303. The van der Waals surface area contributed by atoms with E-state index < -0.39 is 0 Å². The molecule has 1 fully saturated rings. The number of hydrogen-bond acceptors (Lipinski definition) is 2. The zero-order valence-electron chi connectivity index (χ0n) is 13.4. The van der Waals surface area contributed by atoms with Crippen LogP contribution in [0.3, 0.4) is 0 Å². The average Bonchev–Trinajstić information content (AvgIpc) is 2.42. The maximum absolute atomic E-state index is 12.3. The van der Waals surface area contributed by atoms with Crippen LogP contribution in [0, 0.1) is 0 Å². The van der Waals surface area contributed by atoms with E-state index in [4.69, 9.17) is 0 Å². The second kappa shape index (κ2) is 10.2. The molecule has 0 saturated carbocycles. The van der Waals surface area contributed by atoms with E-state index in [0.717, 1.165) is 32.2 Å². The molecule has 0 aromatic rings. The molecule has 0 aromatic carbocycles. The predicted octanol–water partition coefficient (Wildman–Crippen LogP) is 3.89. The van der Waals surface area contributed by atoms with Gasteiger partial charge in [0.25, 0.3) is 0 Å². The Kier molecular flexibility index (Phi) is 8.92. The lowest BCUT2D eigenvalue weighted by molar-refractivity contribution is -0.135. The number of aliphatic hydroxyl groups excluding tert-OH is 1. The van der Waals surface area contributed by atoms with Crippen LogP contribution in [0.25, 0.3) is 0 Å². The molecule has 2 unspecified atom stereocenters. The highest BCUT2D eigenvalue weighted by atomic mass is 16.3. The van der Waals surface area contributed by atoms with E-state index in [1.165, 1.54) is 38.5 Å². The highest BCUT2D eigenvalue weighted by molar-refractivity contribution is 5.76. The van der Waals surface area contributed by atoms with Crippen molar-refractivity contribution in [1.82, 2.24) is 4.90 Å². The van der Waals surface area contributed by atoms with Crippen LogP contribution in [0.15, 0.2) is 0 Å². The molecule has 3 nitrogen and oxygen atoms in total. The minimum absolute atomic E-state index is 0.274. The first-order valence-corrected chi connectivity index (χ1v) is 8.62. The Hall–Kier alpha value is -0.570. The standard InChI is InChI=1S/C17H33NO2/c1-3-4-5-6-7-8-12-17(20)18-13-10-9-11-16(18)14-15(2)19/h15-16,19H,3-14H2,1-2H3. The van der Waals surface area contributed by atoms with Gasteiger partial charge < -0.3 is 10.0 Å². The van der Waals surface area contributed by atoms with Crippen LogP contribution in [0.5, 0.6) is 0 Å². The SMILES string of the molecule is CCCCCCCCC(=O)N1CCCCC1CC(C)O. The summed E-state index contributed by atoms with van der Waals surface area (Å²) >= 11 is 0. The van der Waals surface area contributed by atoms with Gasteiger partial charge in [-0.15, -0.1) is 0 Å². The van der Waals surface area contributed by atoms with Crippen molar-refractivity contribution in [2.75, 3.05) is 6.54 Å². The lowest BCUT2D eigenvalue weighted by Gasteiger charge is -2.36. The highest BCUT2D eigenvalue weighted by Gasteiger charge is 2.26. The predicted molar refractivity (Wildman–Crippen MR) is 83.6 cm³/mol. The van der Waals surface area contributed by atoms with Crippen molar-refractivity contribution in [2.45, 2.75) is 96.6 Å². The summed E-state index contributed by atoms with van der Waals surface area (Å²) in [5.74, 6) is 0.311. The monoisotopic (exact) mass is 283 g/mol. The topological polar surface area (TPSA) is 40.5 Å². The average molecular weight is 283 g/mol. The molecule has 1 saturated heterocycles. The van der Waals surface area contributed by atoms with E-state index >= 15 is 0 Å². The fourth-order valence-electron chi connectivity index (χ4n) is 3.17. The second-order valence-electron chi connectivity index (χ2n) is 6.34. The number of piperidine rings is 1. The first kappa shape index (κ1) is 17.5. The number of hydrogen-bond donors (Lipinski definition) is 1. The quantitative estimate of drug-likeness (QED) is 0.652. The maximum atomic E-state index is 12.3. The molecule has 2 atom stereocenters. The summed E-state index contributed by atoms with van der Waals surface area (Å²) in [6, 6.07) is 0.274. The van der Waals surface area contributed by atoms with Gasteiger partial charge in [-0.3, -0.25) is 4.79 Å². The third-order valence-corrected chi connectivity index (χ3v) is 4.30. The van der Waals surface area contributed by atoms with Crippen LogP contribution < -0.4 is 0 Å². The molecule has 0 bridgehead atoms. The summed E-state index contributed by atoms with van der Waals surface area (Å²) in [6.45, 7) is 4.94. The van der Waals surface area contributed by atoms with Gasteiger partial charge in [0.2, 0.25) is 5.91 Å². The number of carbonyl (C=O) groups is 1. The van der Waals surface area contributed by atoms with E-state index in [-0.39, 0.29) is 12.1 Å². The Morgan fingerprint density at radius 2 is 1.90 bits per heavy atom. The van der Waals surface area contributed by atoms with Gasteiger partial charge in [0.15, 0.2) is 0 Å². The number of likely N-dealkylation sites (tertiary alicyclic amines) is 1. The number of carbonyl (C=O) groups excluding carboxylic acids is 1. The summed E-state index contributed by atoms with van der Waals surface area (Å²) < 4.78 is 0. The molecule has 1 heterocycles. The molecule has 1 amide bonds. The van der Waals surface area contributed by atoms with Gasteiger partial charge in [0.05, 0.1) is 6.10 Å². The number of unbranched alkanes of at least 4 members (excludes halogenated alkanes) is 5. The van der Waals surface area contributed by atoms with E-state index in [1.807, 2.05) is 11.8 Å². The molecule has 0 spiro atoms. The lowest BCUT2D eigenvalue weighted by Crippen LogP contribution is -2.44. The van der Waals surface area contributed by atoms with Gasteiger partial charge in [-0.1, -0.05) is 39.0 Å². The van der Waals surface area contributed by atoms with Gasteiger partial charge in [-0.2, -0.15) is 0 Å². The lowest BCUT2D eigenvalue weighted by atomic mass is 9.96. The second-order valence-corrected chi connectivity index (χ2v) is 6.34. The van der Waals surface area contributed by atoms with E-state index in [2.05, 4.69) is 6.92 Å². The molecule has 0 aliphatic carbocycles. The van der Waals surface area contributed by atoms with Gasteiger partial charge in [0, 0.05) is 19.0 Å². The Morgan fingerprint density at radius 3 is 2.60 bits per heavy atom. The first-order chi connectivity index (χ1) is 9.65. The molecule has 1 rings (SSSR count). The van der Waals surface area contributed by atoms with Crippen molar-refractivity contribution < 1.29 is 9.90 Å². The summed E-state index contributed by atoms with van der Waals surface area (Å²) in [4.78, 5) is 14.4. The van der Waals surface area contributed by atoms with Crippen molar-refractivity contribution in [3.05, 3.63) is 0 Å². The van der Waals surface area contributed by atoms with Crippen LogP contribution in [0.1, 0.15) is 84.5 Å². The van der Waals surface area contributed by atoms with Crippen molar-refractivity contribution in [1.29, 1.82) is 0 Å². The Bertz CT molecular complexity index is 266. The molecule has 20 heavy (non-hydrogen) atoms. The van der Waals surface area contributed by atoms with Crippen molar-refractivity contribution >= 4 is 5.91 Å². The van der Waals surface area contributed by atoms with Gasteiger partial charge in [-0.05, 0) is 39.0 Å². The van der Waals surface area contributed by atoms with E-state index in [9.17, 15) is 9.90 Å². The Morgan fingerprint density at radius 1 is 1.20 bits per heavy atom. The third-order valence-electron chi connectivity index (χ3n) is 4.30. The number of aliphatic hydroxyl groups is 1. The van der Waals surface area contributed by atoms with Crippen LogP contribution >= 0.6 is 0 Å². The van der Waals surface area contributed by atoms with Gasteiger partial charge in [-0.25, -0.2) is 0 Å². The molecule has 0 radical (unpaired) electrons. The first-order valence-electron chi connectivity index (χ1n) is 8.62. The smallest absolute Gasteiger partial charge is 0.222 e. The normalized spacial score (nSPS) is 20.9. The fraction of sp³-hybridized carbons (Fsp3) is 0.941. The van der Waals surface area contributed by atoms with Gasteiger partial charge >= 0.3 is 0 Å². The largest absolute Gasteiger partial charge is 0.393 e. The van der Waals surface area contributed by atoms with Crippen LogP contribution in [-0.2, 0) is 4.79 Å². The number of rotatable bonds is 9. The van der Waals surface area contributed by atoms with E-state index in [1.54, 1.807) is 0 Å². The van der Waals surface area contributed by atoms with E-state index in [0.29, 0.717) is 12.3 Å². The van der Waals surface area contributed by atoms with Crippen molar-refractivity contribution in [2.24, 2.45) is 0 Å². The number of nitrogens with zero attached hydrogens (tertiary/aromatic N) is 1. The Labute approximate surface area is 124 Å². The zero-order chi connectivity index (χ0) is 14.8. The Balaban J connectivity index is 2.25. The summed E-state index contributed by atoms with van der Waals surface area (Å²) in [6.07, 6.45) is 11.9. The maximum Gasteiger partial charge on any atom is 0.222 e. The molecule has 1 N–H and O–H groups in total. The fourth-order valence-corrected chi connectivity index (χ4v) is 3.17. The summed E-state index contributed by atoms with van der Waals surface area (Å²) in [5, 5.41) is 9.56. The molecular weight excluding hydrogens is 250 g/mol. The van der Waals surface area contributed by atoms with Crippen molar-refractivity contribution in [3.63, 3.8) is 0 Å². The highest BCUT2D eigenvalue weighted by Crippen LogP contribution is 2.22. The summed E-state index contributed by atoms with van der Waals surface area (Å²) in [5.41, 5.74) is 0. The van der Waals surface area contributed by atoms with Crippen molar-refractivity contribution in [3.8, 4) is 0 Å². The van der Waals surface area contributed by atoms with Crippen LogP contribution in [0.2, 0.25) is 0 Å². The molecule has 1 aliphatic rings. The van der Waals surface area contributed by atoms with Gasteiger partial charge in [0.1, 0.15) is 0 Å². The summed E-state index contributed by atoms with van der Waals surface area (Å²) in [7, 11) is 0. The molecule has 118 valence electrons. The molecule has 0 aromatic heterocycles. The molecular formula is C17H33NO2. The molecule has 3 heteroatoms. The zero-order valence-corrected chi connectivity index (χ0v) is 13.4. The third kappa shape index (κ3) is 6.74. The van der Waals surface area contributed by atoms with Crippen LogP contribution in [0.4, 0.5) is 0 Å². The number of amides is 1. The molecule has 1 aliphatic heterocycles. The minimum Gasteiger partial charge on any atom is -0.393 e.